The van der Waals surface area contributed by atoms with Crippen molar-refractivity contribution in [1.82, 2.24) is 5.32 Å². The van der Waals surface area contributed by atoms with Crippen molar-refractivity contribution >= 4 is 11.8 Å². The van der Waals surface area contributed by atoms with Crippen LogP contribution < -0.4 is 5.32 Å². The molecule has 1 N–H and O–H groups in total. The van der Waals surface area contributed by atoms with Gasteiger partial charge in [-0.15, -0.1) is 11.8 Å². The van der Waals surface area contributed by atoms with Crippen LogP contribution in [-0.4, -0.2) is 18.8 Å². The SMILES string of the molecule is Cc1ccc(SCC2CCNCC2)cc1. The van der Waals surface area contributed by atoms with Gasteiger partial charge < -0.3 is 5.32 Å². The van der Waals surface area contributed by atoms with E-state index in [0.29, 0.717) is 0 Å². The molecule has 1 aromatic carbocycles. The second kappa shape index (κ2) is 5.57. The fraction of sp³-hybridized carbons (Fsp3) is 0.538. The summed E-state index contributed by atoms with van der Waals surface area (Å²) in [4.78, 5) is 1.42. The van der Waals surface area contributed by atoms with Gasteiger partial charge in [-0.05, 0) is 50.9 Å². The lowest BCUT2D eigenvalue weighted by molar-refractivity contribution is 0.408. The van der Waals surface area contributed by atoms with Crippen LogP contribution in [-0.2, 0) is 0 Å². The zero-order valence-corrected chi connectivity index (χ0v) is 10.1. The van der Waals surface area contributed by atoms with Gasteiger partial charge in [-0.1, -0.05) is 17.7 Å². The quantitative estimate of drug-likeness (QED) is 0.787. The summed E-state index contributed by atoms with van der Waals surface area (Å²) in [6.07, 6.45) is 2.69. The molecule has 1 nitrogen and oxygen atoms in total. The minimum Gasteiger partial charge on any atom is -0.317 e. The van der Waals surface area contributed by atoms with Crippen LogP contribution in [0.2, 0.25) is 0 Å². The summed E-state index contributed by atoms with van der Waals surface area (Å²) in [6.45, 7) is 4.56. The number of rotatable bonds is 3. The molecule has 1 aliphatic rings. The molecule has 0 radical (unpaired) electrons. The largest absolute Gasteiger partial charge is 0.317 e. The molecule has 0 saturated carbocycles. The van der Waals surface area contributed by atoms with Crippen LogP contribution in [0.15, 0.2) is 29.2 Å². The van der Waals surface area contributed by atoms with Crippen LogP contribution in [0.1, 0.15) is 18.4 Å². The van der Waals surface area contributed by atoms with Crippen LogP contribution >= 0.6 is 11.8 Å². The monoisotopic (exact) mass is 221 g/mol. The van der Waals surface area contributed by atoms with Crippen LogP contribution in [0.4, 0.5) is 0 Å². The van der Waals surface area contributed by atoms with E-state index in [1.165, 1.54) is 42.1 Å². The van der Waals surface area contributed by atoms with Crippen LogP contribution in [0.25, 0.3) is 0 Å². The van der Waals surface area contributed by atoms with Gasteiger partial charge in [-0.25, -0.2) is 0 Å². The summed E-state index contributed by atoms with van der Waals surface area (Å²) in [5.41, 5.74) is 1.35. The average molecular weight is 221 g/mol. The molecular weight excluding hydrogens is 202 g/mol. The first-order chi connectivity index (χ1) is 7.34. The van der Waals surface area contributed by atoms with Gasteiger partial charge in [0, 0.05) is 10.6 Å². The Morgan fingerprint density at radius 2 is 1.87 bits per heavy atom. The van der Waals surface area contributed by atoms with Crippen molar-refractivity contribution in [1.29, 1.82) is 0 Å². The molecule has 0 spiro atoms. The predicted molar refractivity (Wildman–Crippen MR) is 67.5 cm³/mol. The molecular formula is C13H19NS. The molecule has 0 aromatic heterocycles. The first-order valence-corrected chi connectivity index (χ1v) is 6.73. The maximum Gasteiger partial charge on any atom is 0.00722 e. The van der Waals surface area contributed by atoms with Crippen molar-refractivity contribution < 1.29 is 0 Å². The molecule has 0 bridgehead atoms. The van der Waals surface area contributed by atoms with Crippen molar-refractivity contribution in [3.05, 3.63) is 29.8 Å². The molecule has 0 aliphatic carbocycles. The first-order valence-electron chi connectivity index (χ1n) is 5.75. The molecule has 2 heteroatoms. The smallest absolute Gasteiger partial charge is 0.00722 e. The number of aryl methyl sites for hydroxylation is 1. The van der Waals surface area contributed by atoms with E-state index < -0.39 is 0 Å². The van der Waals surface area contributed by atoms with Crippen molar-refractivity contribution in [3.63, 3.8) is 0 Å². The van der Waals surface area contributed by atoms with Gasteiger partial charge >= 0.3 is 0 Å². The van der Waals surface area contributed by atoms with Gasteiger partial charge in [-0.2, -0.15) is 0 Å². The number of nitrogens with one attached hydrogen (secondary N) is 1. The van der Waals surface area contributed by atoms with Gasteiger partial charge in [0.25, 0.3) is 0 Å². The first kappa shape index (κ1) is 11.0. The second-order valence-corrected chi connectivity index (χ2v) is 5.41. The average Bonchev–Trinajstić information content (AvgIpc) is 2.30. The van der Waals surface area contributed by atoms with Crippen molar-refractivity contribution in [2.24, 2.45) is 5.92 Å². The molecule has 1 heterocycles. The van der Waals surface area contributed by atoms with E-state index in [1.807, 2.05) is 11.8 Å². The molecule has 0 atom stereocenters. The minimum atomic E-state index is 0.914. The Hall–Kier alpha value is -0.470. The topological polar surface area (TPSA) is 12.0 Å². The molecule has 1 aromatic rings. The third-order valence-electron chi connectivity index (χ3n) is 2.97. The van der Waals surface area contributed by atoms with E-state index in [1.54, 1.807) is 0 Å². The van der Waals surface area contributed by atoms with Gasteiger partial charge in [0.15, 0.2) is 0 Å². The Balaban J connectivity index is 1.79. The van der Waals surface area contributed by atoms with E-state index in [4.69, 9.17) is 0 Å². The van der Waals surface area contributed by atoms with Crippen molar-refractivity contribution in [2.75, 3.05) is 18.8 Å². The van der Waals surface area contributed by atoms with E-state index in [-0.39, 0.29) is 0 Å². The van der Waals surface area contributed by atoms with Crippen LogP contribution in [0.3, 0.4) is 0 Å². The molecule has 15 heavy (non-hydrogen) atoms. The summed E-state index contributed by atoms with van der Waals surface area (Å²) >= 11 is 2.01. The third-order valence-corrected chi connectivity index (χ3v) is 4.21. The van der Waals surface area contributed by atoms with E-state index in [0.717, 1.165) is 5.92 Å². The molecule has 0 amide bonds. The number of hydrogen-bond donors (Lipinski definition) is 1. The van der Waals surface area contributed by atoms with Crippen molar-refractivity contribution in [3.8, 4) is 0 Å². The summed E-state index contributed by atoms with van der Waals surface area (Å²) < 4.78 is 0. The van der Waals surface area contributed by atoms with Crippen molar-refractivity contribution in [2.45, 2.75) is 24.7 Å². The lowest BCUT2D eigenvalue weighted by Crippen LogP contribution is -2.28. The van der Waals surface area contributed by atoms with E-state index in [9.17, 15) is 0 Å². The molecule has 82 valence electrons. The Labute approximate surface area is 96.7 Å². The van der Waals surface area contributed by atoms with Gasteiger partial charge in [-0.3, -0.25) is 0 Å². The second-order valence-electron chi connectivity index (χ2n) is 4.32. The highest BCUT2D eigenvalue weighted by atomic mass is 32.2. The summed E-state index contributed by atoms with van der Waals surface area (Å²) in [5, 5.41) is 3.41. The highest BCUT2D eigenvalue weighted by Crippen LogP contribution is 2.24. The standard InChI is InChI=1S/C13H19NS/c1-11-2-4-13(5-3-11)15-10-12-6-8-14-9-7-12/h2-5,12,14H,6-10H2,1H3. The maximum atomic E-state index is 3.41. The Bertz CT molecular complexity index is 288. The molecule has 0 unspecified atom stereocenters. The third kappa shape index (κ3) is 3.54. The maximum absolute atomic E-state index is 3.41. The number of piperidine rings is 1. The predicted octanol–water partition coefficient (Wildman–Crippen LogP) is 3.09. The lowest BCUT2D eigenvalue weighted by Gasteiger charge is -2.22. The summed E-state index contributed by atoms with van der Waals surface area (Å²) in [7, 11) is 0. The zero-order valence-electron chi connectivity index (χ0n) is 9.33. The number of thioether (sulfide) groups is 1. The van der Waals surface area contributed by atoms with Gasteiger partial charge in [0.2, 0.25) is 0 Å². The normalized spacial score (nSPS) is 17.9. The van der Waals surface area contributed by atoms with Crippen LogP contribution in [0, 0.1) is 12.8 Å². The molecule has 1 aliphatic heterocycles. The minimum absolute atomic E-state index is 0.914. The zero-order chi connectivity index (χ0) is 10.5. The number of benzene rings is 1. The van der Waals surface area contributed by atoms with Gasteiger partial charge in [0.1, 0.15) is 0 Å². The highest BCUT2D eigenvalue weighted by molar-refractivity contribution is 7.99. The van der Waals surface area contributed by atoms with E-state index >= 15 is 0 Å². The molecule has 1 saturated heterocycles. The number of hydrogen-bond acceptors (Lipinski definition) is 2. The Kier molecular flexibility index (Phi) is 4.09. The van der Waals surface area contributed by atoms with Crippen LogP contribution in [0.5, 0.6) is 0 Å². The van der Waals surface area contributed by atoms with E-state index in [2.05, 4.69) is 36.5 Å². The Morgan fingerprint density at radius 1 is 1.20 bits per heavy atom. The highest BCUT2D eigenvalue weighted by Gasteiger charge is 2.12. The lowest BCUT2D eigenvalue weighted by atomic mass is 10.0. The van der Waals surface area contributed by atoms with Gasteiger partial charge in [0.05, 0.1) is 0 Å². The fourth-order valence-corrected chi connectivity index (χ4v) is 2.99. The molecule has 2 rings (SSSR count). The molecule has 1 fully saturated rings. The fourth-order valence-electron chi connectivity index (χ4n) is 1.90. The summed E-state index contributed by atoms with van der Waals surface area (Å²) in [5.74, 6) is 2.20. The summed E-state index contributed by atoms with van der Waals surface area (Å²) in [6, 6.07) is 8.87. The Morgan fingerprint density at radius 3 is 2.53 bits per heavy atom.